The molecule has 0 saturated heterocycles. The van der Waals surface area contributed by atoms with E-state index in [1.54, 1.807) is 6.92 Å². The van der Waals surface area contributed by atoms with Crippen molar-refractivity contribution in [2.75, 3.05) is 5.75 Å². The molecule has 1 rings (SSSR count). The van der Waals surface area contributed by atoms with Gasteiger partial charge in [-0.3, -0.25) is 9.59 Å². The molecule has 1 saturated carbocycles. The third kappa shape index (κ3) is 4.58. The summed E-state index contributed by atoms with van der Waals surface area (Å²) in [5.41, 5.74) is 0.0986. The summed E-state index contributed by atoms with van der Waals surface area (Å²) in [7, 11) is 0. The monoisotopic (exact) mass is 258 g/mol. The Morgan fingerprint density at radius 3 is 2.24 bits per heavy atom. The Labute approximate surface area is 108 Å². The van der Waals surface area contributed by atoms with Crippen LogP contribution in [0.2, 0.25) is 0 Å². The van der Waals surface area contributed by atoms with Gasteiger partial charge in [0.2, 0.25) is 11.8 Å². The molecule has 5 heteroatoms. The van der Waals surface area contributed by atoms with Gasteiger partial charge in [0.05, 0.1) is 0 Å². The fourth-order valence-corrected chi connectivity index (χ4v) is 2.10. The number of hydrogen-bond donors (Lipinski definition) is 3. The SMILES string of the molecule is CC(C)NC(=O)C(C)NC(=O)CC1(CS)CC1. The number of hydrogen-bond acceptors (Lipinski definition) is 3. The molecule has 0 radical (unpaired) electrons. The highest BCUT2D eigenvalue weighted by atomic mass is 32.1. The van der Waals surface area contributed by atoms with E-state index in [0.717, 1.165) is 18.6 Å². The van der Waals surface area contributed by atoms with E-state index in [1.807, 2.05) is 13.8 Å². The Bertz CT molecular complexity index is 301. The molecule has 1 fully saturated rings. The Kier molecular flexibility index (Phi) is 4.86. The van der Waals surface area contributed by atoms with Crippen LogP contribution in [0, 0.1) is 5.41 Å². The zero-order chi connectivity index (χ0) is 13.1. The third-order valence-corrected chi connectivity index (χ3v) is 3.70. The Hall–Kier alpha value is -0.710. The topological polar surface area (TPSA) is 58.2 Å². The van der Waals surface area contributed by atoms with Crippen LogP contribution >= 0.6 is 12.6 Å². The van der Waals surface area contributed by atoms with Crippen molar-refractivity contribution < 1.29 is 9.59 Å². The van der Waals surface area contributed by atoms with Crippen molar-refractivity contribution in [1.29, 1.82) is 0 Å². The summed E-state index contributed by atoms with van der Waals surface area (Å²) >= 11 is 4.26. The summed E-state index contributed by atoms with van der Waals surface area (Å²) in [5, 5.41) is 5.50. The van der Waals surface area contributed by atoms with Gasteiger partial charge in [0, 0.05) is 12.5 Å². The fraction of sp³-hybridized carbons (Fsp3) is 0.833. The summed E-state index contributed by atoms with van der Waals surface area (Å²) in [6.07, 6.45) is 2.61. The summed E-state index contributed by atoms with van der Waals surface area (Å²) in [6.45, 7) is 5.49. The van der Waals surface area contributed by atoms with E-state index >= 15 is 0 Å². The molecule has 98 valence electrons. The third-order valence-electron chi connectivity index (χ3n) is 3.03. The van der Waals surface area contributed by atoms with Crippen LogP contribution in [0.5, 0.6) is 0 Å². The summed E-state index contributed by atoms with van der Waals surface area (Å²) < 4.78 is 0. The second kappa shape index (κ2) is 5.76. The van der Waals surface area contributed by atoms with E-state index < -0.39 is 6.04 Å². The van der Waals surface area contributed by atoms with Gasteiger partial charge < -0.3 is 10.6 Å². The van der Waals surface area contributed by atoms with Gasteiger partial charge in [-0.25, -0.2) is 0 Å². The van der Waals surface area contributed by atoms with Crippen LogP contribution in [0.1, 0.15) is 40.0 Å². The van der Waals surface area contributed by atoms with E-state index in [-0.39, 0.29) is 23.3 Å². The van der Waals surface area contributed by atoms with E-state index in [1.165, 1.54) is 0 Å². The van der Waals surface area contributed by atoms with Gasteiger partial charge in [0.25, 0.3) is 0 Å². The van der Waals surface area contributed by atoms with Gasteiger partial charge in [-0.2, -0.15) is 12.6 Å². The smallest absolute Gasteiger partial charge is 0.242 e. The van der Waals surface area contributed by atoms with Crippen LogP contribution < -0.4 is 10.6 Å². The number of carbonyl (C=O) groups is 2. The number of carbonyl (C=O) groups excluding carboxylic acids is 2. The molecule has 1 aliphatic rings. The number of amides is 2. The molecular formula is C12H22N2O2S. The molecule has 2 N–H and O–H groups in total. The lowest BCUT2D eigenvalue weighted by molar-refractivity contribution is -0.129. The molecule has 1 unspecified atom stereocenters. The Balaban J connectivity index is 2.33. The molecule has 0 aromatic rings. The molecule has 1 atom stereocenters. The predicted octanol–water partition coefficient (Wildman–Crippen LogP) is 1.12. The highest BCUT2D eigenvalue weighted by Crippen LogP contribution is 2.49. The first-order valence-electron chi connectivity index (χ1n) is 6.09. The molecule has 0 aromatic heterocycles. The first-order chi connectivity index (χ1) is 7.88. The van der Waals surface area contributed by atoms with Crippen molar-refractivity contribution in [3.05, 3.63) is 0 Å². The summed E-state index contributed by atoms with van der Waals surface area (Å²) in [5.74, 6) is 0.555. The second-order valence-electron chi connectivity index (χ2n) is 5.29. The maximum Gasteiger partial charge on any atom is 0.242 e. The van der Waals surface area contributed by atoms with E-state index in [9.17, 15) is 9.59 Å². The van der Waals surface area contributed by atoms with Crippen molar-refractivity contribution in [1.82, 2.24) is 10.6 Å². The van der Waals surface area contributed by atoms with Gasteiger partial charge in [0.1, 0.15) is 6.04 Å². The van der Waals surface area contributed by atoms with Crippen molar-refractivity contribution in [3.8, 4) is 0 Å². The number of thiol groups is 1. The van der Waals surface area contributed by atoms with Gasteiger partial charge in [-0.1, -0.05) is 0 Å². The highest BCUT2D eigenvalue weighted by Gasteiger charge is 2.43. The first-order valence-corrected chi connectivity index (χ1v) is 6.72. The largest absolute Gasteiger partial charge is 0.352 e. The van der Waals surface area contributed by atoms with Crippen LogP contribution in [-0.4, -0.2) is 29.7 Å². The lowest BCUT2D eigenvalue weighted by Crippen LogP contribution is -2.47. The van der Waals surface area contributed by atoms with Crippen molar-refractivity contribution in [2.45, 2.75) is 52.1 Å². The van der Waals surface area contributed by atoms with E-state index in [0.29, 0.717) is 6.42 Å². The molecule has 17 heavy (non-hydrogen) atoms. The maximum atomic E-state index is 11.7. The summed E-state index contributed by atoms with van der Waals surface area (Å²) in [4.78, 5) is 23.3. The predicted molar refractivity (Wildman–Crippen MR) is 71.0 cm³/mol. The molecule has 0 aliphatic heterocycles. The van der Waals surface area contributed by atoms with Gasteiger partial charge >= 0.3 is 0 Å². The van der Waals surface area contributed by atoms with Crippen molar-refractivity contribution in [2.24, 2.45) is 5.41 Å². The fourth-order valence-electron chi connectivity index (χ4n) is 1.68. The maximum absolute atomic E-state index is 11.7. The lowest BCUT2D eigenvalue weighted by atomic mass is 10.0. The van der Waals surface area contributed by atoms with Gasteiger partial charge in [-0.05, 0) is 44.8 Å². The van der Waals surface area contributed by atoms with Crippen molar-refractivity contribution in [3.63, 3.8) is 0 Å². The average molecular weight is 258 g/mol. The zero-order valence-electron chi connectivity index (χ0n) is 10.7. The van der Waals surface area contributed by atoms with Crippen LogP contribution in [0.25, 0.3) is 0 Å². The molecule has 1 aliphatic carbocycles. The lowest BCUT2D eigenvalue weighted by Gasteiger charge is -2.17. The van der Waals surface area contributed by atoms with Crippen LogP contribution in [0.3, 0.4) is 0 Å². The van der Waals surface area contributed by atoms with Crippen LogP contribution in [-0.2, 0) is 9.59 Å². The normalized spacial score (nSPS) is 18.6. The summed E-state index contributed by atoms with van der Waals surface area (Å²) in [6, 6.07) is -0.380. The number of nitrogens with one attached hydrogen (secondary N) is 2. The molecule has 0 heterocycles. The van der Waals surface area contributed by atoms with Gasteiger partial charge in [0.15, 0.2) is 0 Å². The quantitative estimate of drug-likeness (QED) is 0.625. The molecule has 0 bridgehead atoms. The minimum atomic E-state index is -0.472. The van der Waals surface area contributed by atoms with Crippen LogP contribution in [0.4, 0.5) is 0 Å². The molecule has 0 aromatic carbocycles. The zero-order valence-corrected chi connectivity index (χ0v) is 11.6. The molecule has 4 nitrogen and oxygen atoms in total. The Morgan fingerprint density at radius 2 is 1.82 bits per heavy atom. The van der Waals surface area contributed by atoms with Gasteiger partial charge in [-0.15, -0.1) is 0 Å². The van der Waals surface area contributed by atoms with E-state index in [4.69, 9.17) is 0 Å². The molecular weight excluding hydrogens is 236 g/mol. The minimum Gasteiger partial charge on any atom is -0.352 e. The molecule has 0 spiro atoms. The Morgan fingerprint density at radius 1 is 1.24 bits per heavy atom. The number of rotatable bonds is 6. The average Bonchev–Trinajstić information content (AvgIpc) is 2.97. The van der Waals surface area contributed by atoms with E-state index in [2.05, 4.69) is 23.3 Å². The standard InChI is InChI=1S/C12H22N2O2S/c1-8(2)13-11(16)9(3)14-10(15)6-12(7-17)4-5-12/h8-9,17H,4-7H2,1-3H3,(H,13,16)(H,14,15). The van der Waals surface area contributed by atoms with Crippen molar-refractivity contribution >= 4 is 24.4 Å². The highest BCUT2D eigenvalue weighted by molar-refractivity contribution is 7.80. The minimum absolute atomic E-state index is 0.0528. The second-order valence-corrected chi connectivity index (χ2v) is 5.60. The first kappa shape index (κ1) is 14.4. The molecule has 2 amide bonds. The van der Waals surface area contributed by atoms with Crippen LogP contribution in [0.15, 0.2) is 0 Å².